The van der Waals surface area contributed by atoms with Gasteiger partial charge < -0.3 is 5.11 Å². The summed E-state index contributed by atoms with van der Waals surface area (Å²) in [7, 11) is 0. The van der Waals surface area contributed by atoms with Crippen LogP contribution in [0.4, 0.5) is 4.39 Å². The Bertz CT molecular complexity index is 436. The third-order valence-electron chi connectivity index (χ3n) is 1.92. The molecule has 2 rings (SSSR count). The van der Waals surface area contributed by atoms with Crippen LogP contribution in [-0.2, 0) is 0 Å². The molecular weight excluding hydrogens is 171 g/mol. The number of fused-ring (bicyclic) bond motifs is 1. The Morgan fingerprint density at radius 2 is 2.38 bits per heavy atom. The van der Waals surface area contributed by atoms with E-state index in [1.54, 1.807) is 23.6 Å². The van der Waals surface area contributed by atoms with Crippen molar-refractivity contribution in [3.05, 3.63) is 36.2 Å². The molecule has 2 heterocycles. The average Bonchev–Trinajstić information content (AvgIpc) is 2.48. The van der Waals surface area contributed by atoms with E-state index >= 15 is 0 Å². The van der Waals surface area contributed by atoms with E-state index in [0.29, 0.717) is 11.3 Å². The highest BCUT2D eigenvalue weighted by Crippen LogP contribution is 2.15. The van der Waals surface area contributed by atoms with Crippen molar-refractivity contribution < 1.29 is 9.50 Å². The molecule has 0 fully saturated rings. The Kier molecular flexibility index (Phi) is 1.77. The topological polar surface area (TPSA) is 37.5 Å². The lowest BCUT2D eigenvalue weighted by Crippen LogP contribution is -1.99. The number of imidazole rings is 1. The highest BCUT2D eigenvalue weighted by Gasteiger charge is 2.10. The van der Waals surface area contributed by atoms with Gasteiger partial charge in [0.05, 0.1) is 6.20 Å². The van der Waals surface area contributed by atoms with Gasteiger partial charge in [0.15, 0.2) is 0 Å². The maximum Gasteiger partial charge on any atom is 0.148 e. The molecule has 0 radical (unpaired) electrons. The van der Waals surface area contributed by atoms with Crippen LogP contribution >= 0.6 is 0 Å². The van der Waals surface area contributed by atoms with E-state index in [1.165, 1.54) is 12.3 Å². The van der Waals surface area contributed by atoms with Gasteiger partial charge in [-0.2, -0.15) is 0 Å². The van der Waals surface area contributed by atoms with Crippen molar-refractivity contribution in [2.45, 2.75) is 13.0 Å². The molecule has 68 valence electrons. The number of hydrogen-bond donors (Lipinski definition) is 1. The van der Waals surface area contributed by atoms with E-state index in [0.717, 1.165) is 0 Å². The van der Waals surface area contributed by atoms with Crippen molar-refractivity contribution in [1.82, 2.24) is 9.38 Å². The second-order valence-electron chi connectivity index (χ2n) is 2.90. The molecule has 0 aliphatic carbocycles. The van der Waals surface area contributed by atoms with E-state index in [1.807, 2.05) is 0 Å². The highest BCUT2D eigenvalue weighted by atomic mass is 19.1. The van der Waals surface area contributed by atoms with Crippen LogP contribution < -0.4 is 0 Å². The molecule has 0 aliphatic rings. The molecule has 0 aromatic carbocycles. The van der Waals surface area contributed by atoms with Gasteiger partial charge in [-0.1, -0.05) is 0 Å². The number of aliphatic hydroxyl groups is 1. The van der Waals surface area contributed by atoms with Gasteiger partial charge in [-0.05, 0) is 19.1 Å². The monoisotopic (exact) mass is 180 g/mol. The smallest absolute Gasteiger partial charge is 0.148 e. The van der Waals surface area contributed by atoms with Gasteiger partial charge in [0.25, 0.3) is 0 Å². The lowest BCUT2D eigenvalue weighted by molar-refractivity contribution is 0.188. The molecule has 2 aromatic heterocycles. The molecule has 0 aliphatic heterocycles. The molecule has 0 saturated heterocycles. The summed E-state index contributed by atoms with van der Waals surface area (Å²) in [4.78, 5) is 3.93. The zero-order valence-electron chi connectivity index (χ0n) is 7.11. The quantitative estimate of drug-likeness (QED) is 0.722. The first-order valence-electron chi connectivity index (χ1n) is 3.99. The average molecular weight is 180 g/mol. The van der Waals surface area contributed by atoms with Crippen LogP contribution in [-0.4, -0.2) is 14.5 Å². The number of nitrogens with zero attached hydrogens (tertiary/aromatic N) is 2. The molecule has 3 nitrogen and oxygen atoms in total. The maximum absolute atomic E-state index is 13.1. The maximum atomic E-state index is 13.1. The van der Waals surface area contributed by atoms with Crippen LogP contribution in [0, 0.1) is 5.82 Å². The molecule has 0 amide bonds. The van der Waals surface area contributed by atoms with Crippen molar-refractivity contribution >= 4 is 5.52 Å². The standard InChI is InChI=1S/C9H9FN2O/c1-6(13)9-11-5-8-7(10)3-2-4-12(8)9/h2-6,13H,1H3. The highest BCUT2D eigenvalue weighted by molar-refractivity contribution is 5.47. The largest absolute Gasteiger partial charge is 0.385 e. The Morgan fingerprint density at radius 3 is 3.08 bits per heavy atom. The molecule has 0 saturated carbocycles. The Morgan fingerprint density at radius 1 is 1.62 bits per heavy atom. The second kappa shape index (κ2) is 2.81. The van der Waals surface area contributed by atoms with Crippen molar-refractivity contribution in [3.63, 3.8) is 0 Å². The summed E-state index contributed by atoms with van der Waals surface area (Å²) < 4.78 is 14.7. The van der Waals surface area contributed by atoms with E-state index in [4.69, 9.17) is 0 Å². The van der Waals surface area contributed by atoms with Gasteiger partial charge in [0.1, 0.15) is 23.3 Å². The summed E-state index contributed by atoms with van der Waals surface area (Å²) in [6.45, 7) is 1.60. The number of rotatable bonds is 1. The minimum atomic E-state index is -0.690. The predicted molar refractivity (Wildman–Crippen MR) is 45.8 cm³/mol. The van der Waals surface area contributed by atoms with E-state index < -0.39 is 6.10 Å². The summed E-state index contributed by atoms with van der Waals surface area (Å²) in [6.07, 6.45) is 2.40. The number of hydrogen-bond acceptors (Lipinski definition) is 2. The first kappa shape index (κ1) is 8.19. The molecular formula is C9H9FN2O. The Labute approximate surface area is 74.5 Å². The molecule has 1 atom stereocenters. The van der Waals surface area contributed by atoms with Gasteiger partial charge in [0.2, 0.25) is 0 Å². The zero-order valence-corrected chi connectivity index (χ0v) is 7.11. The van der Waals surface area contributed by atoms with Crippen molar-refractivity contribution in [2.75, 3.05) is 0 Å². The molecule has 13 heavy (non-hydrogen) atoms. The summed E-state index contributed by atoms with van der Waals surface area (Å²) in [5.74, 6) is 0.122. The second-order valence-corrected chi connectivity index (χ2v) is 2.90. The molecule has 0 spiro atoms. The third kappa shape index (κ3) is 1.19. The predicted octanol–water partition coefficient (Wildman–Crippen LogP) is 1.53. The van der Waals surface area contributed by atoms with Crippen LogP contribution in [0.5, 0.6) is 0 Å². The number of aromatic nitrogens is 2. The molecule has 4 heteroatoms. The number of aliphatic hydroxyl groups excluding tert-OH is 1. The van der Waals surface area contributed by atoms with Crippen LogP contribution in [0.3, 0.4) is 0 Å². The Hall–Kier alpha value is -1.42. The van der Waals surface area contributed by atoms with Crippen LogP contribution in [0.15, 0.2) is 24.5 Å². The summed E-state index contributed by atoms with van der Waals surface area (Å²) in [5, 5.41) is 9.30. The SMILES string of the molecule is CC(O)c1ncc2c(F)cccn12. The van der Waals surface area contributed by atoms with Gasteiger partial charge in [-0.3, -0.25) is 4.40 Å². The molecule has 1 unspecified atom stereocenters. The van der Waals surface area contributed by atoms with E-state index in [-0.39, 0.29) is 5.82 Å². The van der Waals surface area contributed by atoms with Crippen molar-refractivity contribution in [3.8, 4) is 0 Å². The lowest BCUT2D eigenvalue weighted by atomic mass is 10.3. The van der Waals surface area contributed by atoms with Gasteiger partial charge in [-0.15, -0.1) is 0 Å². The summed E-state index contributed by atoms with van der Waals surface area (Å²) in [5.41, 5.74) is 0.387. The zero-order chi connectivity index (χ0) is 9.42. The summed E-state index contributed by atoms with van der Waals surface area (Å²) >= 11 is 0. The van der Waals surface area contributed by atoms with Gasteiger partial charge >= 0.3 is 0 Å². The van der Waals surface area contributed by atoms with Gasteiger partial charge in [-0.25, -0.2) is 9.37 Å². The molecule has 0 bridgehead atoms. The van der Waals surface area contributed by atoms with Crippen molar-refractivity contribution in [1.29, 1.82) is 0 Å². The fourth-order valence-corrected chi connectivity index (χ4v) is 1.32. The Balaban J connectivity index is 2.75. The van der Waals surface area contributed by atoms with Crippen molar-refractivity contribution in [2.24, 2.45) is 0 Å². The normalized spacial score (nSPS) is 13.5. The van der Waals surface area contributed by atoms with Crippen LogP contribution in [0.1, 0.15) is 18.9 Å². The first-order valence-corrected chi connectivity index (χ1v) is 3.99. The van der Waals surface area contributed by atoms with E-state index in [9.17, 15) is 9.50 Å². The van der Waals surface area contributed by atoms with E-state index in [2.05, 4.69) is 4.98 Å². The summed E-state index contributed by atoms with van der Waals surface area (Å²) in [6, 6.07) is 2.94. The third-order valence-corrected chi connectivity index (χ3v) is 1.92. The number of halogens is 1. The first-order chi connectivity index (χ1) is 6.20. The van der Waals surface area contributed by atoms with Crippen LogP contribution in [0.2, 0.25) is 0 Å². The molecule has 1 N–H and O–H groups in total. The minimum absolute atomic E-state index is 0.332. The fraction of sp³-hybridized carbons (Fsp3) is 0.222. The fourth-order valence-electron chi connectivity index (χ4n) is 1.32. The van der Waals surface area contributed by atoms with Crippen LogP contribution in [0.25, 0.3) is 5.52 Å². The molecule has 2 aromatic rings. The minimum Gasteiger partial charge on any atom is -0.385 e. The van der Waals surface area contributed by atoms with Gasteiger partial charge in [0, 0.05) is 6.20 Å². The number of pyridine rings is 1. The lowest BCUT2D eigenvalue weighted by Gasteiger charge is -2.02.